The van der Waals surface area contributed by atoms with Crippen molar-refractivity contribution >= 4 is 11.7 Å². The van der Waals surface area contributed by atoms with E-state index in [1.807, 2.05) is 43.3 Å². The fraction of sp³-hybridized carbons (Fsp3) is 0.364. The van der Waals surface area contributed by atoms with E-state index in [1.165, 1.54) is 0 Å². The number of hydrogen-bond donors (Lipinski definition) is 3. The van der Waals surface area contributed by atoms with Gasteiger partial charge in [0.25, 0.3) is 0 Å². The average Bonchev–Trinajstić information content (AvgIpc) is 3.15. The summed E-state index contributed by atoms with van der Waals surface area (Å²) in [6.45, 7) is 3.97. The molecule has 1 aliphatic heterocycles. The number of likely N-dealkylation sites (N-methyl/N-ethyl adjacent to an activating group) is 1. The molecule has 2 aromatic rings. The quantitative estimate of drug-likeness (QED) is 0.469. The van der Waals surface area contributed by atoms with Crippen LogP contribution in [-0.2, 0) is 11.3 Å². The molecule has 154 valence electrons. The monoisotopic (exact) mass is 396 g/mol. The minimum absolute atomic E-state index is 0.00579. The highest BCUT2D eigenvalue weighted by Gasteiger charge is 2.37. The van der Waals surface area contributed by atoms with E-state index in [4.69, 9.17) is 20.6 Å². The third-order valence-electron chi connectivity index (χ3n) is 5.15. The standard InChI is InChI=1S/C22H28N4O3/c1-3-26-14-19(29-18-6-4-5-16(11-18)21(23)24)12-20(26)22(27)25-13-15-7-9-17(28-2)10-8-15/h4-11,19-20H,3,12-14H2,1-2H3,(H3,23,24)(H,25,27)/t19-,20+/m1/s1. The molecule has 1 amide bonds. The Kier molecular flexibility index (Phi) is 6.72. The van der Waals surface area contributed by atoms with Crippen LogP contribution in [0.5, 0.6) is 11.5 Å². The van der Waals surface area contributed by atoms with Crippen molar-refractivity contribution in [1.82, 2.24) is 10.2 Å². The van der Waals surface area contributed by atoms with E-state index in [0.717, 1.165) is 17.9 Å². The largest absolute Gasteiger partial charge is 0.497 e. The zero-order chi connectivity index (χ0) is 20.8. The van der Waals surface area contributed by atoms with Crippen molar-refractivity contribution in [3.8, 4) is 11.5 Å². The summed E-state index contributed by atoms with van der Waals surface area (Å²) in [6, 6.07) is 14.6. The molecule has 0 aliphatic carbocycles. The number of amidine groups is 1. The van der Waals surface area contributed by atoms with Crippen LogP contribution in [0.15, 0.2) is 48.5 Å². The highest BCUT2D eigenvalue weighted by Crippen LogP contribution is 2.24. The Morgan fingerprint density at radius 3 is 2.66 bits per heavy atom. The van der Waals surface area contributed by atoms with E-state index in [-0.39, 0.29) is 23.9 Å². The number of amides is 1. The number of nitrogens with two attached hydrogens (primary N) is 1. The molecule has 0 radical (unpaired) electrons. The lowest BCUT2D eigenvalue weighted by Crippen LogP contribution is -2.42. The van der Waals surface area contributed by atoms with Gasteiger partial charge >= 0.3 is 0 Å². The van der Waals surface area contributed by atoms with Crippen LogP contribution in [0.25, 0.3) is 0 Å². The summed E-state index contributed by atoms with van der Waals surface area (Å²) < 4.78 is 11.2. The van der Waals surface area contributed by atoms with E-state index < -0.39 is 0 Å². The van der Waals surface area contributed by atoms with Crippen LogP contribution >= 0.6 is 0 Å². The van der Waals surface area contributed by atoms with Crippen molar-refractivity contribution in [3.63, 3.8) is 0 Å². The Balaban J connectivity index is 1.58. The summed E-state index contributed by atoms with van der Waals surface area (Å²) in [5.74, 6) is 1.47. The van der Waals surface area contributed by atoms with E-state index in [9.17, 15) is 4.79 Å². The molecule has 2 atom stereocenters. The second-order valence-electron chi connectivity index (χ2n) is 7.09. The number of methoxy groups -OCH3 is 1. The van der Waals surface area contributed by atoms with Gasteiger partial charge in [0.15, 0.2) is 0 Å². The summed E-state index contributed by atoms with van der Waals surface area (Å²) in [6.07, 6.45) is 0.529. The van der Waals surface area contributed by atoms with Gasteiger partial charge in [-0.3, -0.25) is 15.1 Å². The van der Waals surface area contributed by atoms with Crippen molar-refractivity contribution in [2.45, 2.75) is 32.0 Å². The number of nitrogens with one attached hydrogen (secondary N) is 2. The van der Waals surface area contributed by atoms with Crippen LogP contribution in [0.3, 0.4) is 0 Å². The van der Waals surface area contributed by atoms with Gasteiger partial charge in [0, 0.05) is 25.1 Å². The van der Waals surface area contributed by atoms with Crippen LogP contribution in [0.1, 0.15) is 24.5 Å². The first kappa shape index (κ1) is 20.7. The van der Waals surface area contributed by atoms with Gasteiger partial charge in [-0.15, -0.1) is 0 Å². The molecule has 7 nitrogen and oxygen atoms in total. The average molecular weight is 396 g/mol. The Bertz CT molecular complexity index is 853. The molecule has 3 rings (SSSR count). The Labute approximate surface area is 171 Å². The molecule has 2 aromatic carbocycles. The lowest BCUT2D eigenvalue weighted by atomic mass is 10.1. The van der Waals surface area contributed by atoms with E-state index >= 15 is 0 Å². The molecule has 29 heavy (non-hydrogen) atoms. The number of ether oxygens (including phenoxy) is 2. The van der Waals surface area contributed by atoms with E-state index in [1.54, 1.807) is 19.2 Å². The van der Waals surface area contributed by atoms with Crippen LogP contribution in [0.2, 0.25) is 0 Å². The van der Waals surface area contributed by atoms with Gasteiger partial charge in [-0.25, -0.2) is 0 Å². The highest BCUT2D eigenvalue weighted by atomic mass is 16.5. The van der Waals surface area contributed by atoms with Gasteiger partial charge in [-0.1, -0.05) is 31.2 Å². The molecule has 0 spiro atoms. The maximum absolute atomic E-state index is 12.8. The van der Waals surface area contributed by atoms with Crippen LogP contribution in [0, 0.1) is 5.41 Å². The molecule has 1 heterocycles. The maximum Gasteiger partial charge on any atom is 0.237 e. The van der Waals surface area contributed by atoms with Gasteiger partial charge in [0.1, 0.15) is 23.4 Å². The third-order valence-corrected chi connectivity index (χ3v) is 5.15. The summed E-state index contributed by atoms with van der Waals surface area (Å²) in [5.41, 5.74) is 7.20. The predicted molar refractivity (Wildman–Crippen MR) is 112 cm³/mol. The van der Waals surface area contributed by atoms with Crippen LogP contribution < -0.4 is 20.5 Å². The fourth-order valence-electron chi connectivity index (χ4n) is 3.55. The van der Waals surface area contributed by atoms with Crippen molar-refractivity contribution < 1.29 is 14.3 Å². The molecule has 1 aliphatic rings. The van der Waals surface area contributed by atoms with Gasteiger partial charge < -0.3 is 20.5 Å². The second kappa shape index (κ2) is 9.43. The first-order chi connectivity index (χ1) is 14.0. The molecular weight excluding hydrogens is 368 g/mol. The van der Waals surface area contributed by atoms with Crippen LogP contribution in [-0.4, -0.2) is 49.0 Å². The summed E-state index contributed by atoms with van der Waals surface area (Å²) in [5, 5.41) is 10.6. The van der Waals surface area contributed by atoms with Gasteiger partial charge in [-0.2, -0.15) is 0 Å². The Hall–Kier alpha value is -3.06. The lowest BCUT2D eigenvalue weighted by molar-refractivity contribution is -0.125. The number of likely N-dealkylation sites (tertiary alicyclic amines) is 1. The SMILES string of the molecule is CCN1C[C@H](Oc2cccc(C(=N)N)c2)C[C@H]1C(=O)NCc1ccc(OC)cc1. The summed E-state index contributed by atoms with van der Waals surface area (Å²) in [4.78, 5) is 14.9. The highest BCUT2D eigenvalue weighted by molar-refractivity contribution is 5.95. The number of nitrogen functional groups attached to an aromatic ring is 1. The van der Waals surface area contributed by atoms with Crippen LogP contribution in [0.4, 0.5) is 0 Å². The van der Waals surface area contributed by atoms with Gasteiger partial charge in [-0.05, 0) is 36.4 Å². The maximum atomic E-state index is 12.8. The molecular formula is C22H28N4O3. The molecule has 0 saturated carbocycles. The first-order valence-electron chi connectivity index (χ1n) is 9.76. The van der Waals surface area contributed by atoms with E-state index in [0.29, 0.717) is 30.8 Å². The van der Waals surface area contributed by atoms with Crippen molar-refractivity contribution in [1.29, 1.82) is 5.41 Å². The number of carbonyl (C=O) groups excluding carboxylic acids is 1. The lowest BCUT2D eigenvalue weighted by Gasteiger charge is -2.21. The van der Waals surface area contributed by atoms with Gasteiger partial charge in [0.2, 0.25) is 5.91 Å². The minimum Gasteiger partial charge on any atom is -0.497 e. The summed E-state index contributed by atoms with van der Waals surface area (Å²) >= 11 is 0. The smallest absolute Gasteiger partial charge is 0.237 e. The number of rotatable bonds is 8. The topological polar surface area (TPSA) is 101 Å². The first-order valence-corrected chi connectivity index (χ1v) is 9.76. The zero-order valence-electron chi connectivity index (χ0n) is 16.9. The minimum atomic E-state index is -0.223. The van der Waals surface area contributed by atoms with Crippen molar-refractivity contribution in [3.05, 3.63) is 59.7 Å². The summed E-state index contributed by atoms with van der Waals surface area (Å²) in [7, 11) is 1.63. The normalized spacial score (nSPS) is 19.0. The predicted octanol–water partition coefficient (Wildman–Crippen LogP) is 2.14. The number of hydrogen-bond acceptors (Lipinski definition) is 5. The third kappa shape index (κ3) is 5.26. The number of nitrogens with zero attached hydrogens (tertiary/aromatic N) is 1. The van der Waals surface area contributed by atoms with Crippen molar-refractivity contribution in [2.75, 3.05) is 20.2 Å². The molecule has 1 saturated heterocycles. The van der Waals surface area contributed by atoms with Crippen molar-refractivity contribution in [2.24, 2.45) is 5.73 Å². The number of benzene rings is 2. The molecule has 7 heteroatoms. The Morgan fingerprint density at radius 1 is 1.24 bits per heavy atom. The molecule has 0 aromatic heterocycles. The fourth-order valence-corrected chi connectivity index (χ4v) is 3.55. The second-order valence-corrected chi connectivity index (χ2v) is 7.09. The molecule has 1 fully saturated rings. The van der Waals surface area contributed by atoms with Gasteiger partial charge in [0.05, 0.1) is 13.2 Å². The Morgan fingerprint density at radius 2 is 2.00 bits per heavy atom. The molecule has 0 unspecified atom stereocenters. The zero-order valence-corrected chi connectivity index (χ0v) is 16.9. The number of carbonyl (C=O) groups is 1. The molecule has 4 N–H and O–H groups in total. The molecule has 0 bridgehead atoms. The van der Waals surface area contributed by atoms with E-state index in [2.05, 4.69) is 10.2 Å².